The van der Waals surface area contributed by atoms with Crippen LogP contribution in [0, 0.1) is 11.6 Å². The predicted octanol–water partition coefficient (Wildman–Crippen LogP) is 4.65. The molecule has 35 heavy (non-hydrogen) atoms. The van der Waals surface area contributed by atoms with Gasteiger partial charge >= 0.3 is 0 Å². The molecule has 2 N–H and O–H groups in total. The Morgan fingerprint density at radius 2 is 1.86 bits per heavy atom. The Kier molecular flexibility index (Phi) is 5.93. The Morgan fingerprint density at radius 1 is 0.971 bits per heavy atom. The van der Waals surface area contributed by atoms with Gasteiger partial charge in [-0.05, 0) is 59.2 Å². The summed E-state index contributed by atoms with van der Waals surface area (Å²) in [6.45, 7) is 0.234. The van der Waals surface area contributed by atoms with E-state index >= 15 is 0 Å². The number of halogens is 2. The van der Waals surface area contributed by atoms with Crippen LogP contribution in [0.4, 0.5) is 8.78 Å². The third kappa shape index (κ3) is 4.59. The van der Waals surface area contributed by atoms with Gasteiger partial charge in [-0.2, -0.15) is 0 Å². The Hall–Kier alpha value is -4.59. The quantitative estimate of drug-likeness (QED) is 0.379. The number of hydrogen-bond acceptors (Lipinski definition) is 3. The van der Waals surface area contributed by atoms with E-state index in [1.807, 2.05) is 42.6 Å². The van der Waals surface area contributed by atoms with E-state index in [0.717, 1.165) is 39.9 Å². The fraction of sp³-hybridized carbons (Fsp3) is 0.0741. The van der Waals surface area contributed by atoms with Crippen LogP contribution >= 0.6 is 0 Å². The zero-order chi connectivity index (χ0) is 24.4. The highest BCUT2D eigenvalue weighted by molar-refractivity contribution is 5.94. The van der Waals surface area contributed by atoms with Crippen molar-refractivity contribution in [2.24, 2.45) is 0 Å². The Morgan fingerprint density at radius 3 is 2.71 bits per heavy atom. The van der Waals surface area contributed by atoms with Crippen LogP contribution in [-0.4, -0.2) is 20.4 Å². The summed E-state index contributed by atoms with van der Waals surface area (Å²) >= 11 is 0. The molecule has 0 atom stereocenters. The first-order valence-corrected chi connectivity index (χ1v) is 10.9. The second kappa shape index (κ2) is 9.34. The number of nitrogens with zero attached hydrogens (tertiary/aromatic N) is 2. The summed E-state index contributed by atoms with van der Waals surface area (Å²) < 4.78 is 28.0. The molecule has 174 valence electrons. The molecule has 0 aliphatic carbocycles. The summed E-state index contributed by atoms with van der Waals surface area (Å²) in [6.07, 6.45) is 5.14. The third-order valence-electron chi connectivity index (χ3n) is 5.73. The minimum atomic E-state index is -0.991. The number of hydrogen-bond donors (Lipinski definition) is 2. The highest BCUT2D eigenvalue weighted by Gasteiger charge is 2.13. The molecule has 0 saturated carbocycles. The van der Waals surface area contributed by atoms with Crippen LogP contribution in [0.5, 0.6) is 0 Å². The summed E-state index contributed by atoms with van der Waals surface area (Å²) in [7, 11) is 0. The molecule has 0 radical (unpaired) electrons. The highest BCUT2D eigenvalue weighted by Crippen LogP contribution is 2.27. The van der Waals surface area contributed by atoms with Gasteiger partial charge in [-0.25, -0.2) is 8.78 Å². The number of aromatic nitrogens is 3. The Labute approximate surface area is 198 Å². The summed E-state index contributed by atoms with van der Waals surface area (Å²) in [5.74, 6) is -2.47. The first kappa shape index (κ1) is 22.2. The molecule has 2 aromatic carbocycles. The van der Waals surface area contributed by atoms with Crippen LogP contribution in [0.15, 0.2) is 90.1 Å². The average molecular weight is 470 g/mol. The van der Waals surface area contributed by atoms with Gasteiger partial charge in [0.05, 0.1) is 17.6 Å². The van der Waals surface area contributed by atoms with Crippen molar-refractivity contribution < 1.29 is 13.6 Å². The first-order valence-electron chi connectivity index (χ1n) is 10.9. The minimum Gasteiger partial charge on any atom is -0.359 e. The van der Waals surface area contributed by atoms with E-state index in [9.17, 15) is 18.4 Å². The monoisotopic (exact) mass is 470 g/mol. The van der Waals surface area contributed by atoms with E-state index in [0.29, 0.717) is 5.56 Å². The molecule has 0 spiro atoms. The van der Waals surface area contributed by atoms with E-state index in [1.165, 1.54) is 22.9 Å². The molecule has 3 heterocycles. The normalized spacial score (nSPS) is 11.0. The molecule has 1 amide bonds. The van der Waals surface area contributed by atoms with E-state index in [-0.39, 0.29) is 18.7 Å². The van der Waals surface area contributed by atoms with Crippen LogP contribution in [-0.2, 0) is 13.1 Å². The molecular weight excluding hydrogens is 450 g/mol. The summed E-state index contributed by atoms with van der Waals surface area (Å²) in [6, 6.07) is 18.0. The van der Waals surface area contributed by atoms with Crippen molar-refractivity contribution >= 4 is 16.9 Å². The maximum Gasteiger partial charge on any atom is 0.263 e. The lowest BCUT2D eigenvalue weighted by atomic mass is 10.0. The van der Waals surface area contributed by atoms with Gasteiger partial charge in [0, 0.05) is 30.7 Å². The maximum absolute atomic E-state index is 13.5. The molecule has 0 fully saturated rings. The molecule has 6 nitrogen and oxygen atoms in total. The van der Waals surface area contributed by atoms with Crippen molar-refractivity contribution in [1.82, 2.24) is 19.9 Å². The number of H-pyrrole nitrogens is 1. The van der Waals surface area contributed by atoms with E-state index in [1.54, 1.807) is 12.3 Å². The fourth-order valence-electron chi connectivity index (χ4n) is 3.97. The van der Waals surface area contributed by atoms with Crippen LogP contribution < -0.4 is 10.9 Å². The molecule has 0 aliphatic rings. The standard InChI is InChI=1S/C27H20F2N4O2/c28-22-9-8-18(13-23(22)29)16-33-11-3-6-20(27(33)35)26(34)32-14-17-4-1-5-19(12-17)21-15-31-24-7-2-10-30-25(21)24/h1-13,15,31H,14,16H2,(H,32,34). The molecule has 0 unspecified atom stereocenters. The summed E-state index contributed by atoms with van der Waals surface area (Å²) in [5.41, 5.74) is 4.42. The molecule has 0 bridgehead atoms. The van der Waals surface area contributed by atoms with Crippen molar-refractivity contribution in [3.8, 4) is 11.1 Å². The Bertz CT molecular complexity index is 1610. The van der Waals surface area contributed by atoms with Crippen molar-refractivity contribution in [2.75, 3.05) is 0 Å². The van der Waals surface area contributed by atoms with Gasteiger partial charge in [0.2, 0.25) is 0 Å². The number of nitrogens with one attached hydrogen (secondary N) is 2. The SMILES string of the molecule is O=C(NCc1cccc(-c2c[nH]c3cccnc23)c1)c1cccn(Cc2ccc(F)c(F)c2)c1=O. The molecule has 8 heteroatoms. The molecule has 0 saturated heterocycles. The number of benzene rings is 2. The van der Waals surface area contributed by atoms with Crippen molar-refractivity contribution in [3.63, 3.8) is 0 Å². The van der Waals surface area contributed by atoms with E-state index in [4.69, 9.17) is 0 Å². The number of rotatable bonds is 6. The number of amides is 1. The molecule has 5 aromatic rings. The van der Waals surface area contributed by atoms with Crippen molar-refractivity contribution in [2.45, 2.75) is 13.1 Å². The lowest BCUT2D eigenvalue weighted by molar-refractivity contribution is 0.0949. The zero-order valence-corrected chi connectivity index (χ0v) is 18.5. The smallest absolute Gasteiger partial charge is 0.263 e. The fourth-order valence-corrected chi connectivity index (χ4v) is 3.97. The number of pyridine rings is 2. The van der Waals surface area contributed by atoms with Crippen molar-refractivity contribution in [1.29, 1.82) is 0 Å². The largest absolute Gasteiger partial charge is 0.359 e. The number of carbonyl (C=O) groups is 1. The van der Waals surface area contributed by atoms with E-state index < -0.39 is 23.1 Å². The third-order valence-corrected chi connectivity index (χ3v) is 5.73. The second-order valence-corrected chi connectivity index (χ2v) is 8.09. The number of carbonyl (C=O) groups excluding carboxylic acids is 1. The van der Waals surface area contributed by atoms with Gasteiger partial charge in [-0.3, -0.25) is 14.6 Å². The minimum absolute atomic E-state index is 0.0118. The lowest BCUT2D eigenvalue weighted by Crippen LogP contribution is -2.32. The topological polar surface area (TPSA) is 79.8 Å². The van der Waals surface area contributed by atoms with Crippen LogP contribution in [0.1, 0.15) is 21.5 Å². The van der Waals surface area contributed by atoms with Crippen LogP contribution in [0.2, 0.25) is 0 Å². The van der Waals surface area contributed by atoms with Crippen molar-refractivity contribution in [3.05, 3.63) is 124 Å². The number of aromatic amines is 1. The van der Waals surface area contributed by atoms with Gasteiger partial charge in [-0.1, -0.05) is 24.3 Å². The van der Waals surface area contributed by atoms with Gasteiger partial charge in [0.1, 0.15) is 5.56 Å². The maximum atomic E-state index is 13.5. The van der Waals surface area contributed by atoms with Gasteiger partial charge < -0.3 is 14.9 Å². The van der Waals surface area contributed by atoms with Gasteiger partial charge in [0.25, 0.3) is 11.5 Å². The molecule has 0 aliphatic heterocycles. The summed E-state index contributed by atoms with van der Waals surface area (Å²) in [4.78, 5) is 33.3. The number of fused-ring (bicyclic) bond motifs is 1. The zero-order valence-electron chi connectivity index (χ0n) is 18.5. The van der Waals surface area contributed by atoms with Crippen LogP contribution in [0.3, 0.4) is 0 Å². The van der Waals surface area contributed by atoms with Crippen LogP contribution in [0.25, 0.3) is 22.2 Å². The molecule has 5 rings (SSSR count). The van der Waals surface area contributed by atoms with Gasteiger partial charge in [0.15, 0.2) is 11.6 Å². The lowest BCUT2D eigenvalue weighted by Gasteiger charge is -2.10. The molecule has 3 aromatic heterocycles. The predicted molar refractivity (Wildman–Crippen MR) is 129 cm³/mol. The Balaban J connectivity index is 1.32. The summed E-state index contributed by atoms with van der Waals surface area (Å²) in [5, 5.41) is 2.79. The van der Waals surface area contributed by atoms with E-state index in [2.05, 4.69) is 15.3 Å². The highest BCUT2D eigenvalue weighted by atomic mass is 19.2. The molecular formula is C27H20F2N4O2. The van der Waals surface area contributed by atoms with Gasteiger partial charge in [-0.15, -0.1) is 0 Å². The first-order chi connectivity index (χ1) is 17.0. The average Bonchev–Trinajstić information content (AvgIpc) is 3.30. The second-order valence-electron chi connectivity index (χ2n) is 8.09.